The Morgan fingerprint density at radius 2 is 1.53 bits per heavy atom. The molecule has 19 heavy (non-hydrogen) atoms. The molecule has 0 saturated carbocycles. The van der Waals surface area contributed by atoms with Crippen molar-refractivity contribution in [1.29, 1.82) is 0 Å². The molecule has 0 radical (unpaired) electrons. The van der Waals surface area contributed by atoms with Gasteiger partial charge in [-0.25, -0.2) is 0 Å². The number of unbranched alkanes of at least 4 members (excludes halogenated alkanes) is 5. The molecule has 0 unspecified atom stereocenters. The van der Waals surface area contributed by atoms with Gasteiger partial charge in [0.2, 0.25) is 0 Å². The lowest BCUT2D eigenvalue weighted by molar-refractivity contribution is -0.118. The van der Waals surface area contributed by atoms with Crippen molar-refractivity contribution >= 4 is 5.78 Å². The molecule has 0 heterocycles. The minimum atomic E-state index is 0.396. The Balaban J connectivity index is 2.28. The fourth-order valence-corrected chi connectivity index (χ4v) is 2.52. The molecular weight excluding hydrogens is 232 g/mol. The van der Waals surface area contributed by atoms with E-state index in [9.17, 15) is 4.79 Å². The quantitative estimate of drug-likeness (QED) is 0.560. The van der Waals surface area contributed by atoms with Crippen molar-refractivity contribution in [2.75, 3.05) is 0 Å². The molecule has 1 aromatic carbocycles. The van der Waals surface area contributed by atoms with Gasteiger partial charge in [-0.3, -0.25) is 4.79 Å². The molecule has 0 aliphatic carbocycles. The van der Waals surface area contributed by atoms with E-state index in [2.05, 4.69) is 39.0 Å². The van der Waals surface area contributed by atoms with Crippen LogP contribution in [0.25, 0.3) is 0 Å². The van der Waals surface area contributed by atoms with E-state index in [0.717, 1.165) is 12.8 Å². The van der Waals surface area contributed by atoms with Gasteiger partial charge in [-0.2, -0.15) is 0 Å². The van der Waals surface area contributed by atoms with Gasteiger partial charge in [0.15, 0.2) is 0 Å². The highest BCUT2D eigenvalue weighted by Crippen LogP contribution is 2.16. The van der Waals surface area contributed by atoms with Crippen LogP contribution in [0.2, 0.25) is 0 Å². The third kappa shape index (κ3) is 6.04. The predicted octanol–water partition coefficient (Wildman–Crippen LogP) is 5.17. The Morgan fingerprint density at radius 1 is 0.947 bits per heavy atom. The summed E-state index contributed by atoms with van der Waals surface area (Å²) in [4.78, 5) is 12.0. The normalized spacial score (nSPS) is 10.7. The summed E-state index contributed by atoms with van der Waals surface area (Å²) >= 11 is 0. The fraction of sp³-hybridized carbons (Fsp3) is 0.611. The molecule has 0 N–H and O–H groups in total. The first-order valence-corrected chi connectivity index (χ1v) is 7.72. The molecule has 106 valence electrons. The lowest BCUT2D eigenvalue weighted by Gasteiger charge is -2.08. The second-order valence-electron chi connectivity index (χ2n) is 5.60. The van der Waals surface area contributed by atoms with Crippen molar-refractivity contribution in [2.24, 2.45) is 0 Å². The van der Waals surface area contributed by atoms with Crippen molar-refractivity contribution in [3.63, 3.8) is 0 Å². The molecule has 0 spiro atoms. The average Bonchev–Trinajstić information content (AvgIpc) is 2.38. The Kier molecular flexibility index (Phi) is 7.47. The smallest absolute Gasteiger partial charge is 0.137 e. The first kappa shape index (κ1) is 15.9. The van der Waals surface area contributed by atoms with Gasteiger partial charge in [-0.05, 0) is 37.0 Å². The monoisotopic (exact) mass is 260 g/mol. The molecule has 1 rings (SSSR count). The molecule has 0 aliphatic rings. The summed E-state index contributed by atoms with van der Waals surface area (Å²) < 4.78 is 0. The van der Waals surface area contributed by atoms with Crippen molar-refractivity contribution in [2.45, 2.75) is 72.1 Å². The number of carbonyl (C=O) groups is 1. The van der Waals surface area contributed by atoms with Crippen LogP contribution in [0.5, 0.6) is 0 Å². The SMILES string of the molecule is CCCCCCCCC(=O)Cc1c(C)cccc1C. The molecule has 0 atom stereocenters. The van der Waals surface area contributed by atoms with Gasteiger partial charge in [-0.15, -0.1) is 0 Å². The number of aryl methyl sites for hydroxylation is 2. The maximum Gasteiger partial charge on any atom is 0.137 e. The summed E-state index contributed by atoms with van der Waals surface area (Å²) in [6.07, 6.45) is 8.85. The number of rotatable bonds is 9. The third-order valence-corrected chi connectivity index (χ3v) is 3.83. The summed E-state index contributed by atoms with van der Waals surface area (Å²) in [6, 6.07) is 6.26. The van der Waals surface area contributed by atoms with Crippen LogP contribution >= 0.6 is 0 Å². The van der Waals surface area contributed by atoms with Gasteiger partial charge in [-0.1, -0.05) is 57.2 Å². The van der Waals surface area contributed by atoms with Gasteiger partial charge >= 0.3 is 0 Å². The summed E-state index contributed by atoms with van der Waals surface area (Å²) in [7, 11) is 0. The summed E-state index contributed by atoms with van der Waals surface area (Å²) in [6.45, 7) is 6.43. The van der Waals surface area contributed by atoms with Gasteiger partial charge < -0.3 is 0 Å². The van der Waals surface area contributed by atoms with E-state index in [1.165, 1.54) is 48.8 Å². The van der Waals surface area contributed by atoms with E-state index >= 15 is 0 Å². The first-order chi connectivity index (χ1) is 9.15. The molecule has 0 aliphatic heterocycles. The number of benzene rings is 1. The largest absolute Gasteiger partial charge is 0.299 e. The van der Waals surface area contributed by atoms with Gasteiger partial charge in [0.1, 0.15) is 5.78 Å². The van der Waals surface area contributed by atoms with Crippen molar-refractivity contribution in [1.82, 2.24) is 0 Å². The van der Waals surface area contributed by atoms with Gasteiger partial charge in [0.25, 0.3) is 0 Å². The molecule has 0 fully saturated rings. The Morgan fingerprint density at radius 3 is 2.16 bits per heavy atom. The first-order valence-electron chi connectivity index (χ1n) is 7.72. The number of Topliss-reactive ketones (excluding diaryl/α,β-unsaturated/α-hetero) is 1. The molecule has 1 aromatic rings. The van der Waals surface area contributed by atoms with Crippen molar-refractivity contribution < 1.29 is 4.79 Å². The zero-order valence-electron chi connectivity index (χ0n) is 12.8. The van der Waals surface area contributed by atoms with Crippen LogP contribution in [0.4, 0.5) is 0 Å². The maximum atomic E-state index is 12.0. The minimum absolute atomic E-state index is 0.396. The summed E-state index contributed by atoms with van der Waals surface area (Å²) in [5.41, 5.74) is 3.73. The lowest BCUT2D eigenvalue weighted by atomic mass is 9.96. The summed E-state index contributed by atoms with van der Waals surface area (Å²) in [5, 5.41) is 0. The van der Waals surface area contributed by atoms with E-state index in [4.69, 9.17) is 0 Å². The molecule has 0 amide bonds. The molecule has 0 saturated heterocycles. The van der Waals surface area contributed by atoms with Crippen LogP contribution in [-0.2, 0) is 11.2 Å². The Labute approximate surface area is 118 Å². The van der Waals surface area contributed by atoms with Crippen LogP contribution < -0.4 is 0 Å². The van der Waals surface area contributed by atoms with E-state index in [1.54, 1.807) is 0 Å². The topological polar surface area (TPSA) is 17.1 Å². The van der Waals surface area contributed by atoms with Crippen LogP contribution in [0, 0.1) is 13.8 Å². The zero-order chi connectivity index (χ0) is 14.1. The standard InChI is InChI=1S/C18H28O/c1-4-5-6-7-8-9-13-17(19)14-18-15(2)11-10-12-16(18)3/h10-12H,4-9,13-14H2,1-3H3. The Hall–Kier alpha value is -1.11. The second kappa shape index (κ2) is 8.90. The maximum absolute atomic E-state index is 12.0. The van der Waals surface area contributed by atoms with Crippen LogP contribution in [0.1, 0.15) is 68.6 Å². The van der Waals surface area contributed by atoms with E-state index in [-0.39, 0.29) is 0 Å². The van der Waals surface area contributed by atoms with Crippen molar-refractivity contribution in [3.8, 4) is 0 Å². The van der Waals surface area contributed by atoms with Gasteiger partial charge in [0, 0.05) is 12.8 Å². The molecule has 1 heteroatoms. The van der Waals surface area contributed by atoms with Crippen molar-refractivity contribution in [3.05, 3.63) is 34.9 Å². The number of hydrogen-bond acceptors (Lipinski definition) is 1. The minimum Gasteiger partial charge on any atom is -0.299 e. The average molecular weight is 260 g/mol. The highest BCUT2D eigenvalue weighted by molar-refractivity contribution is 5.81. The predicted molar refractivity (Wildman–Crippen MR) is 82.6 cm³/mol. The highest BCUT2D eigenvalue weighted by Gasteiger charge is 2.08. The van der Waals surface area contributed by atoms with Crippen LogP contribution in [-0.4, -0.2) is 5.78 Å². The molecular formula is C18H28O. The second-order valence-corrected chi connectivity index (χ2v) is 5.60. The lowest BCUT2D eigenvalue weighted by Crippen LogP contribution is -2.05. The third-order valence-electron chi connectivity index (χ3n) is 3.83. The van der Waals surface area contributed by atoms with E-state index < -0.39 is 0 Å². The van der Waals surface area contributed by atoms with Gasteiger partial charge in [0.05, 0.1) is 0 Å². The zero-order valence-corrected chi connectivity index (χ0v) is 12.8. The number of ketones is 1. The molecule has 0 bridgehead atoms. The number of carbonyl (C=O) groups excluding carboxylic acids is 1. The molecule has 1 nitrogen and oxygen atoms in total. The number of hydrogen-bond donors (Lipinski definition) is 0. The van der Waals surface area contributed by atoms with E-state index in [0.29, 0.717) is 12.2 Å². The van der Waals surface area contributed by atoms with E-state index in [1.807, 2.05) is 0 Å². The highest BCUT2D eigenvalue weighted by atomic mass is 16.1. The Bertz CT molecular complexity index is 372. The summed E-state index contributed by atoms with van der Waals surface area (Å²) in [5.74, 6) is 0.396. The molecule has 0 aromatic heterocycles. The van der Waals surface area contributed by atoms with Crippen LogP contribution in [0.15, 0.2) is 18.2 Å². The van der Waals surface area contributed by atoms with Crippen LogP contribution in [0.3, 0.4) is 0 Å². The fourth-order valence-electron chi connectivity index (χ4n) is 2.52.